The van der Waals surface area contributed by atoms with E-state index in [-0.39, 0.29) is 5.82 Å². The van der Waals surface area contributed by atoms with Crippen LogP contribution in [0.25, 0.3) is 11.0 Å². The molecule has 0 unspecified atom stereocenters. The van der Waals surface area contributed by atoms with Crippen LogP contribution in [0.5, 0.6) is 0 Å². The maximum absolute atomic E-state index is 13.8. The fraction of sp³-hybridized carbons (Fsp3) is 0.353. The molecule has 6 nitrogen and oxygen atoms in total. The van der Waals surface area contributed by atoms with Gasteiger partial charge in [0, 0.05) is 30.7 Å². The molecule has 26 heavy (non-hydrogen) atoms. The van der Waals surface area contributed by atoms with E-state index in [4.69, 9.17) is 11.6 Å². The van der Waals surface area contributed by atoms with E-state index in [9.17, 15) is 4.39 Å². The molecule has 1 fully saturated rings. The average Bonchev–Trinajstić information content (AvgIpc) is 3.08. The standard InChI is InChI=1S/C17H17BrClFN6/c1-2-12-14-16(24-23-12)21-9-22-17(14)26-5-3-25(4-6-26)13-8-10(20)7-11(18)15(13)19/h7-9H,2-6H2,1H3,(H,21,22,23,24). The van der Waals surface area contributed by atoms with Crippen LogP contribution < -0.4 is 9.80 Å². The second kappa shape index (κ2) is 7.00. The number of nitrogens with zero attached hydrogens (tertiary/aromatic N) is 5. The second-order valence-electron chi connectivity index (χ2n) is 6.14. The molecular formula is C17H17BrClFN6. The van der Waals surface area contributed by atoms with E-state index in [2.05, 4.69) is 52.8 Å². The van der Waals surface area contributed by atoms with Crippen LogP contribution in [0.1, 0.15) is 12.6 Å². The first kappa shape index (κ1) is 17.5. The molecule has 136 valence electrons. The van der Waals surface area contributed by atoms with Gasteiger partial charge in [0.15, 0.2) is 5.65 Å². The number of aryl methyl sites for hydroxylation is 1. The molecule has 1 saturated heterocycles. The number of H-pyrrole nitrogens is 1. The summed E-state index contributed by atoms with van der Waals surface area (Å²) in [4.78, 5) is 13.1. The Hall–Kier alpha value is -1.93. The third-order valence-corrected chi connectivity index (χ3v) is 5.89. The molecule has 1 aromatic carbocycles. The van der Waals surface area contributed by atoms with Crippen molar-refractivity contribution in [3.8, 4) is 0 Å². The molecule has 1 N–H and O–H groups in total. The van der Waals surface area contributed by atoms with Crippen molar-refractivity contribution in [2.45, 2.75) is 13.3 Å². The molecule has 0 radical (unpaired) electrons. The zero-order chi connectivity index (χ0) is 18.3. The summed E-state index contributed by atoms with van der Waals surface area (Å²) >= 11 is 9.67. The summed E-state index contributed by atoms with van der Waals surface area (Å²) in [5.41, 5.74) is 2.44. The molecule has 0 spiro atoms. The largest absolute Gasteiger partial charge is 0.367 e. The van der Waals surface area contributed by atoms with Gasteiger partial charge in [-0.3, -0.25) is 5.10 Å². The van der Waals surface area contributed by atoms with Crippen molar-refractivity contribution < 1.29 is 4.39 Å². The fourth-order valence-electron chi connectivity index (χ4n) is 3.33. The number of anilines is 2. The molecule has 9 heteroatoms. The lowest BCUT2D eigenvalue weighted by Gasteiger charge is -2.37. The lowest BCUT2D eigenvalue weighted by atomic mass is 10.2. The topological polar surface area (TPSA) is 60.9 Å². The number of nitrogens with one attached hydrogen (secondary N) is 1. The number of hydrogen-bond donors (Lipinski definition) is 1. The molecule has 0 aliphatic carbocycles. The van der Waals surface area contributed by atoms with E-state index >= 15 is 0 Å². The van der Waals surface area contributed by atoms with Crippen LogP contribution in [-0.2, 0) is 6.42 Å². The third-order valence-electron chi connectivity index (χ3n) is 4.64. The van der Waals surface area contributed by atoms with Gasteiger partial charge in [-0.25, -0.2) is 14.4 Å². The minimum absolute atomic E-state index is 0.304. The second-order valence-corrected chi connectivity index (χ2v) is 7.37. The lowest BCUT2D eigenvalue weighted by molar-refractivity contribution is 0.619. The first-order chi connectivity index (χ1) is 12.6. The number of piperazine rings is 1. The first-order valence-corrected chi connectivity index (χ1v) is 9.58. The molecule has 3 aromatic rings. The molecule has 0 amide bonds. The zero-order valence-electron chi connectivity index (χ0n) is 14.1. The van der Waals surface area contributed by atoms with Crippen molar-refractivity contribution in [1.29, 1.82) is 0 Å². The fourth-order valence-corrected chi connectivity index (χ4v) is 3.98. The molecule has 0 bridgehead atoms. The normalized spacial score (nSPS) is 15.1. The summed E-state index contributed by atoms with van der Waals surface area (Å²) in [6.07, 6.45) is 2.37. The number of hydrogen-bond acceptors (Lipinski definition) is 5. The van der Waals surface area contributed by atoms with Gasteiger partial charge in [0.05, 0.1) is 21.8 Å². The van der Waals surface area contributed by atoms with E-state index in [0.717, 1.165) is 55.1 Å². The highest BCUT2D eigenvalue weighted by atomic mass is 79.9. The summed E-state index contributed by atoms with van der Waals surface area (Å²) in [5, 5.41) is 8.82. The van der Waals surface area contributed by atoms with Crippen LogP contribution in [0.15, 0.2) is 22.9 Å². The smallest absolute Gasteiger partial charge is 0.160 e. The van der Waals surface area contributed by atoms with Gasteiger partial charge in [-0.2, -0.15) is 5.10 Å². The minimum atomic E-state index is -0.304. The Bertz CT molecular complexity index is 954. The van der Waals surface area contributed by atoms with Crippen LogP contribution >= 0.6 is 27.5 Å². The van der Waals surface area contributed by atoms with E-state index < -0.39 is 0 Å². The summed E-state index contributed by atoms with van der Waals surface area (Å²) in [5.74, 6) is 0.592. The van der Waals surface area contributed by atoms with E-state index in [1.54, 1.807) is 6.33 Å². The van der Waals surface area contributed by atoms with Crippen molar-refractivity contribution in [3.05, 3.63) is 39.5 Å². The Morgan fingerprint density at radius 3 is 2.65 bits per heavy atom. The highest BCUT2D eigenvalue weighted by Gasteiger charge is 2.24. The molecule has 3 heterocycles. The van der Waals surface area contributed by atoms with Crippen molar-refractivity contribution in [3.63, 3.8) is 0 Å². The number of rotatable bonds is 3. The van der Waals surface area contributed by atoms with Gasteiger partial charge in [0.2, 0.25) is 0 Å². The van der Waals surface area contributed by atoms with Gasteiger partial charge in [-0.05, 0) is 34.5 Å². The van der Waals surface area contributed by atoms with Crippen LogP contribution in [-0.4, -0.2) is 46.3 Å². The first-order valence-electron chi connectivity index (χ1n) is 8.41. The maximum Gasteiger partial charge on any atom is 0.160 e. The van der Waals surface area contributed by atoms with E-state index in [1.807, 2.05) is 0 Å². The molecular weight excluding hydrogens is 423 g/mol. The SMILES string of the molecule is CCc1n[nH]c2ncnc(N3CCN(c4cc(F)cc(Br)c4Cl)CC3)c12. The summed E-state index contributed by atoms with van der Waals surface area (Å²) in [7, 11) is 0. The van der Waals surface area contributed by atoms with Gasteiger partial charge in [0.25, 0.3) is 0 Å². The van der Waals surface area contributed by atoms with Gasteiger partial charge in [-0.1, -0.05) is 18.5 Å². The van der Waals surface area contributed by atoms with Crippen LogP contribution in [0.2, 0.25) is 5.02 Å². The van der Waals surface area contributed by atoms with Gasteiger partial charge >= 0.3 is 0 Å². The van der Waals surface area contributed by atoms with Crippen molar-refractivity contribution in [2.24, 2.45) is 0 Å². The maximum atomic E-state index is 13.8. The Morgan fingerprint density at radius 1 is 1.19 bits per heavy atom. The number of aromatic amines is 1. The highest BCUT2D eigenvalue weighted by molar-refractivity contribution is 9.10. The predicted octanol–water partition coefficient (Wildman–Crippen LogP) is 3.80. The monoisotopic (exact) mass is 438 g/mol. The average molecular weight is 440 g/mol. The summed E-state index contributed by atoms with van der Waals surface area (Å²) < 4.78 is 14.3. The number of halogens is 3. The molecule has 4 rings (SSSR count). The van der Waals surface area contributed by atoms with Crippen molar-refractivity contribution >= 4 is 50.1 Å². The van der Waals surface area contributed by atoms with Crippen molar-refractivity contribution in [2.75, 3.05) is 36.0 Å². The Balaban J connectivity index is 1.59. The van der Waals surface area contributed by atoms with Crippen LogP contribution in [0.3, 0.4) is 0 Å². The van der Waals surface area contributed by atoms with Crippen molar-refractivity contribution in [1.82, 2.24) is 20.2 Å². The highest BCUT2D eigenvalue weighted by Crippen LogP contribution is 2.35. The summed E-state index contributed by atoms with van der Waals surface area (Å²) in [6.45, 7) is 5.02. The minimum Gasteiger partial charge on any atom is -0.367 e. The van der Waals surface area contributed by atoms with E-state index in [0.29, 0.717) is 15.2 Å². The summed E-state index contributed by atoms with van der Waals surface area (Å²) in [6, 6.07) is 2.86. The lowest BCUT2D eigenvalue weighted by Crippen LogP contribution is -2.47. The van der Waals surface area contributed by atoms with Gasteiger partial charge in [0.1, 0.15) is 18.0 Å². The van der Waals surface area contributed by atoms with Crippen LogP contribution in [0, 0.1) is 5.82 Å². The third kappa shape index (κ3) is 3.01. The van der Waals surface area contributed by atoms with Gasteiger partial charge < -0.3 is 9.80 Å². The predicted molar refractivity (Wildman–Crippen MR) is 105 cm³/mol. The zero-order valence-corrected chi connectivity index (χ0v) is 16.5. The Labute approximate surface area is 163 Å². The van der Waals surface area contributed by atoms with E-state index in [1.165, 1.54) is 12.1 Å². The quantitative estimate of drug-likeness (QED) is 0.629. The van der Waals surface area contributed by atoms with Gasteiger partial charge in [-0.15, -0.1) is 0 Å². The van der Waals surface area contributed by atoms with Crippen LogP contribution in [0.4, 0.5) is 15.9 Å². The molecule has 1 aliphatic rings. The Morgan fingerprint density at radius 2 is 1.92 bits per heavy atom. The number of fused-ring (bicyclic) bond motifs is 1. The molecule has 0 atom stereocenters. The number of aromatic nitrogens is 4. The molecule has 0 saturated carbocycles. The molecule has 1 aliphatic heterocycles. The molecule has 2 aromatic heterocycles. The number of benzene rings is 1. The Kier molecular flexibility index (Phi) is 4.71.